The molecule has 2 aliphatic rings. The molecule has 1 unspecified atom stereocenters. The van der Waals surface area contributed by atoms with Gasteiger partial charge >= 0.3 is 11.9 Å². The number of aliphatic hydroxyl groups is 1. The van der Waals surface area contributed by atoms with Crippen LogP contribution in [-0.2, 0) is 9.59 Å². The van der Waals surface area contributed by atoms with Gasteiger partial charge in [-0.15, -0.1) is 0 Å². The molecule has 2 saturated carbocycles. The summed E-state index contributed by atoms with van der Waals surface area (Å²) in [6.45, 7) is 0. The summed E-state index contributed by atoms with van der Waals surface area (Å²) >= 11 is 0. The van der Waals surface area contributed by atoms with E-state index in [2.05, 4.69) is 0 Å². The van der Waals surface area contributed by atoms with E-state index in [1.165, 1.54) is 0 Å². The van der Waals surface area contributed by atoms with Crippen molar-refractivity contribution < 1.29 is 24.9 Å². The molecule has 0 radical (unpaired) electrons. The molecule has 0 bridgehead atoms. The van der Waals surface area contributed by atoms with Crippen LogP contribution >= 0.6 is 0 Å². The summed E-state index contributed by atoms with van der Waals surface area (Å²) in [6, 6.07) is 0. The molecule has 138 valence electrons. The van der Waals surface area contributed by atoms with Crippen molar-refractivity contribution in [3.05, 3.63) is 0 Å². The number of aliphatic hydroxyl groups excluding tert-OH is 1. The largest absolute Gasteiger partial charge is 0.481 e. The molecule has 0 aliphatic heterocycles. The summed E-state index contributed by atoms with van der Waals surface area (Å²) < 4.78 is 0. The van der Waals surface area contributed by atoms with Gasteiger partial charge in [0.15, 0.2) is 0 Å². The van der Waals surface area contributed by atoms with Crippen LogP contribution in [0.2, 0.25) is 0 Å². The molecule has 1 atom stereocenters. The van der Waals surface area contributed by atoms with Gasteiger partial charge in [0.1, 0.15) is 0 Å². The third-order valence-electron chi connectivity index (χ3n) is 6.00. The molecule has 0 amide bonds. The van der Waals surface area contributed by atoms with E-state index in [1.54, 1.807) is 0 Å². The van der Waals surface area contributed by atoms with Crippen molar-refractivity contribution in [1.29, 1.82) is 0 Å². The number of carboxylic acids is 2. The molecule has 5 heteroatoms. The molecule has 0 aromatic carbocycles. The van der Waals surface area contributed by atoms with E-state index in [0.717, 1.165) is 89.9 Å². The van der Waals surface area contributed by atoms with Crippen LogP contribution in [0.4, 0.5) is 0 Å². The fourth-order valence-electron chi connectivity index (χ4n) is 3.63. The lowest BCUT2D eigenvalue weighted by Gasteiger charge is -2.12. The van der Waals surface area contributed by atoms with Gasteiger partial charge in [0.2, 0.25) is 0 Å². The Balaban J connectivity index is 1.41. The normalized spacial score (nSPS) is 21.2. The SMILES string of the molecule is O=C(O)C1(CCCCCCC(O)CCCCC2(C(=O)O)CC2)CC1. The zero-order valence-corrected chi connectivity index (χ0v) is 14.6. The van der Waals surface area contributed by atoms with Gasteiger partial charge in [0.05, 0.1) is 16.9 Å². The topological polar surface area (TPSA) is 94.8 Å². The maximum atomic E-state index is 11.1. The number of carbonyl (C=O) groups is 2. The Labute approximate surface area is 144 Å². The highest BCUT2D eigenvalue weighted by Gasteiger charge is 2.49. The Bertz CT molecular complexity index is 437. The zero-order valence-electron chi connectivity index (χ0n) is 14.6. The van der Waals surface area contributed by atoms with Crippen molar-refractivity contribution in [2.24, 2.45) is 10.8 Å². The van der Waals surface area contributed by atoms with E-state index in [9.17, 15) is 14.7 Å². The summed E-state index contributed by atoms with van der Waals surface area (Å²) in [5.41, 5.74) is -0.825. The van der Waals surface area contributed by atoms with E-state index in [-0.39, 0.29) is 6.10 Å². The highest BCUT2D eigenvalue weighted by Crippen LogP contribution is 2.50. The van der Waals surface area contributed by atoms with Gasteiger partial charge in [0, 0.05) is 0 Å². The zero-order chi connectivity index (χ0) is 17.6. The van der Waals surface area contributed by atoms with Gasteiger partial charge in [-0.3, -0.25) is 9.59 Å². The van der Waals surface area contributed by atoms with Crippen molar-refractivity contribution in [2.45, 2.75) is 96.0 Å². The highest BCUT2D eigenvalue weighted by molar-refractivity contribution is 5.78. The second kappa shape index (κ2) is 8.32. The lowest BCUT2D eigenvalue weighted by molar-refractivity contribution is -0.144. The molecule has 0 spiro atoms. The van der Waals surface area contributed by atoms with Crippen molar-refractivity contribution in [3.63, 3.8) is 0 Å². The standard InChI is InChI=1S/C19H32O5/c20-15(8-4-6-10-19(13-14-19)17(23)24)7-3-1-2-5-9-18(11-12-18)16(21)22/h15,20H,1-14H2,(H,21,22)(H,23,24). The van der Waals surface area contributed by atoms with Crippen molar-refractivity contribution >= 4 is 11.9 Å². The van der Waals surface area contributed by atoms with E-state index >= 15 is 0 Å². The molecule has 5 nitrogen and oxygen atoms in total. The molecule has 2 fully saturated rings. The molecule has 0 heterocycles. The summed E-state index contributed by atoms with van der Waals surface area (Å²) in [5.74, 6) is -1.28. The predicted molar refractivity (Wildman–Crippen MR) is 90.8 cm³/mol. The maximum Gasteiger partial charge on any atom is 0.309 e. The van der Waals surface area contributed by atoms with Crippen molar-refractivity contribution in [1.82, 2.24) is 0 Å². The maximum absolute atomic E-state index is 11.1. The second-order valence-electron chi connectivity index (χ2n) is 8.02. The summed E-state index contributed by atoms with van der Waals surface area (Å²) in [4.78, 5) is 22.1. The van der Waals surface area contributed by atoms with Crippen LogP contribution in [-0.4, -0.2) is 33.4 Å². The van der Waals surface area contributed by atoms with E-state index in [1.807, 2.05) is 0 Å². The molecule has 3 N–H and O–H groups in total. The molecular weight excluding hydrogens is 308 g/mol. The highest BCUT2D eigenvalue weighted by atomic mass is 16.4. The Hall–Kier alpha value is -1.10. The van der Waals surface area contributed by atoms with Crippen LogP contribution in [0.3, 0.4) is 0 Å². The molecule has 2 rings (SSSR count). The molecule has 2 aliphatic carbocycles. The van der Waals surface area contributed by atoms with Crippen LogP contribution in [0.15, 0.2) is 0 Å². The first-order valence-corrected chi connectivity index (χ1v) is 9.55. The lowest BCUT2D eigenvalue weighted by atomic mass is 9.96. The first-order valence-electron chi connectivity index (χ1n) is 9.55. The molecular formula is C19H32O5. The Morgan fingerprint density at radius 3 is 1.50 bits per heavy atom. The van der Waals surface area contributed by atoms with Crippen LogP contribution in [0, 0.1) is 10.8 Å². The van der Waals surface area contributed by atoms with Crippen molar-refractivity contribution in [2.75, 3.05) is 0 Å². The monoisotopic (exact) mass is 340 g/mol. The summed E-state index contributed by atoms with van der Waals surface area (Å²) in [7, 11) is 0. The molecule has 24 heavy (non-hydrogen) atoms. The van der Waals surface area contributed by atoms with E-state index < -0.39 is 22.8 Å². The quantitative estimate of drug-likeness (QED) is 0.416. The van der Waals surface area contributed by atoms with E-state index in [0.29, 0.717) is 0 Å². The number of aliphatic carboxylic acids is 2. The average Bonchev–Trinajstić information content (AvgIpc) is 3.42. The first-order chi connectivity index (χ1) is 11.4. The molecule has 0 saturated heterocycles. The Kier molecular flexibility index (Phi) is 6.67. The second-order valence-corrected chi connectivity index (χ2v) is 8.02. The van der Waals surface area contributed by atoms with Gasteiger partial charge in [-0.2, -0.15) is 0 Å². The van der Waals surface area contributed by atoms with Gasteiger partial charge in [-0.25, -0.2) is 0 Å². The fraction of sp³-hybridized carbons (Fsp3) is 0.895. The van der Waals surface area contributed by atoms with Gasteiger partial charge in [-0.05, 0) is 51.4 Å². The third kappa shape index (κ3) is 5.47. The van der Waals surface area contributed by atoms with Crippen LogP contribution in [0.1, 0.15) is 89.9 Å². The summed E-state index contributed by atoms with van der Waals surface area (Å²) in [6.07, 6.45) is 12.0. The number of hydrogen-bond acceptors (Lipinski definition) is 3. The van der Waals surface area contributed by atoms with Gasteiger partial charge in [0.25, 0.3) is 0 Å². The molecule has 0 aromatic heterocycles. The first kappa shape index (κ1) is 19.2. The van der Waals surface area contributed by atoms with Crippen LogP contribution in [0.5, 0.6) is 0 Å². The fourth-order valence-corrected chi connectivity index (χ4v) is 3.63. The van der Waals surface area contributed by atoms with Gasteiger partial charge in [-0.1, -0.05) is 38.5 Å². The smallest absolute Gasteiger partial charge is 0.309 e. The average molecular weight is 340 g/mol. The van der Waals surface area contributed by atoms with Crippen molar-refractivity contribution in [3.8, 4) is 0 Å². The number of carboxylic acid groups (broad SMARTS) is 2. The van der Waals surface area contributed by atoms with E-state index in [4.69, 9.17) is 10.2 Å². The number of unbranched alkanes of at least 4 members (excludes halogenated alkanes) is 4. The minimum absolute atomic E-state index is 0.279. The Morgan fingerprint density at radius 2 is 1.08 bits per heavy atom. The molecule has 0 aromatic rings. The van der Waals surface area contributed by atoms with Crippen LogP contribution in [0.25, 0.3) is 0 Å². The number of hydrogen-bond donors (Lipinski definition) is 3. The predicted octanol–water partition coefficient (Wildman–Crippen LogP) is 3.98. The minimum atomic E-state index is -0.654. The Morgan fingerprint density at radius 1 is 0.708 bits per heavy atom. The van der Waals surface area contributed by atoms with Crippen LogP contribution < -0.4 is 0 Å². The lowest BCUT2D eigenvalue weighted by Crippen LogP contribution is -2.15. The minimum Gasteiger partial charge on any atom is -0.481 e. The third-order valence-corrected chi connectivity index (χ3v) is 6.00. The number of rotatable bonds is 14. The summed E-state index contributed by atoms with van der Waals surface area (Å²) in [5, 5.41) is 28.2. The van der Waals surface area contributed by atoms with Gasteiger partial charge < -0.3 is 15.3 Å².